The Morgan fingerprint density at radius 3 is 2.67 bits per heavy atom. The summed E-state index contributed by atoms with van der Waals surface area (Å²) in [4.78, 5) is 0. The van der Waals surface area contributed by atoms with E-state index in [4.69, 9.17) is 11.5 Å². The number of hydrogen-bond acceptors (Lipinski definition) is 2. The predicted molar refractivity (Wildman–Crippen MR) is 52.7 cm³/mol. The van der Waals surface area contributed by atoms with Crippen molar-refractivity contribution in [2.75, 3.05) is 5.73 Å². The molecule has 0 spiro atoms. The first kappa shape index (κ1) is 8.81. The van der Waals surface area contributed by atoms with Crippen LogP contribution in [0, 0.1) is 6.92 Å². The third-order valence-electron chi connectivity index (χ3n) is 1.94. The van der Waals surface area contributed by atoms with Crippen molar-refractivity contribution in [3.05, 3.63) is 42.0 Å². The average molecular weight is 162 g/mol. The third kappa shape index (κ3) is 1.66. The molecule has 0 aliphatic carbocycles. The van der Waals surface area contributed by atoms with Gasteiger partial charge >= 0.3 is 0 Å². The molecule has 1 aromatic carbocycles. The van der Waals surface area contributed by atoms with E-state index in [-0.39, 0.29) is 6.04 Å². The van der Waals surface area contributed by atoms with E-state index in [0.29, 0.717) is 0 Å². The van der Waals surface area contributed by atoms with Crippen LogP contribution in [0.5, 0.6) is 0 Å². The second kappa shape index (κ2) is 3.41. The Kier molecular flexibility index (Phi) is 2.51. The number of nitrogen functional groups attached to an aromatic ring is 1. The van der Waals surface area contributed by atoms with Crippen molar-refractivity contribution < 1.29 is 0 Å². The summed E-state index contributed by atoms with van der Waals surface area (Å²) >= 11 is 0. The summed E-state index contributed by atoms with van der Waals surface area (Å²) in [6, 6.07) is 5.71. The van der Waals surface area contributed by atoms with Gasteiger partial charge in [0.15, 0.2) is 0 Å². The first-order valence-electron chi connectivity index (χ1n) is 3.89. The van der Waals surface area contributed by atoms with Crippen molar-refractivity contribution in [1.82, 2.24) is 0 Å². The molecule has 0 bridgehead atoms. The molecule has 0 aliphatic rings. The summed E-state index contributed by atoms with van der Waals surface area (Å²) in [5.74, 6) is 0. The van der Waals surface area contributed by atoms with E-state index in [1.165, 1.54) is 0 Å². The van der Waals surface area contributed by atoms with Crippen LogP contribution >= 0.6 is 0 Å². The van der Waals surface area contributed by atoms with Crippen LogP contribution in [-0.2, 0) is 0 Å². The van der Waals surface area contributed by atoms with E-state index < -0.39 is 0 Å². The fourth-order valence-electron chi connectivity index (χ4n) is 1.00. The lowest BCUT2D eigenvalue weighted by atomic mass is 10.0. The molecule has 1 rings (SSSR count). The highest BCUT2D eigenvalue weighted by Crippen LogP contribution is 2.17. The lowest BCUT2D eigenvalue weighted by Crippen LogP contribution is -2.07. The van der Waals surface area contributed by atoms with Crippen LogP contribution in [0.2, 0.25) is 0 Å². The highest BCUT2D eigenvalue weighted by molar-refractivity contribution is 5.49. The van der Waals surface area contributed by atoms with Crippen LogP contribution in [0.4, 0.5) is 5.69 Å². The number of anilines is 1. The van der Waals surface area contributed by atoms with Gasteiger partial charge in [0.25, 0.3) is 0 Å². The van der Waals surface area contributed by atoms with Gasteiger partial charge in [0, 0.05) is 11.7 Å². The fourth-order valence-corrected chi connectivity index (χ4v) is 1.00. The van der Waals surface area contributed by atoms with Gasteiger partial charge in [-0.05, 0) is 24.1 Å². The predicted octanol–water partition coefficient (Wildman–Crippen LogP) is 1.76. The molecule has 2 nitrogen and oxygen atoms in total. The second-order valence-corrected chi connectivity index (χ2v) is 2.88. The molecule has 0 saturated heterocycles. The quantitative estimate of drug-likeness (QED) is 0.514. The molecule has 0 heterocycles. The number of nitrogens with two attached hydrogens (primary N) is 2. The lowest BCUT2D eigenvalue weighted by Gasteiger charge is -2.08. The molecule has 1 atom stereocenters. The van der Waals surface area contributed by atoms with Crippen LogP contribution in [-0.4, -0.2) is 0 Å². The van der Waals surface area contributed by atoms with Crippen molar-refractivity contribution in [2.24, 2.45) is 5.73 Å². The van der Waals surface area contributed by atoms with Crippen LogP contribution < -0.4 is 11.5 Å². The standard InChI is InChI=1S/C10H14N2/c1-3-9(11)8-5-4-7(2)10(12)6-8/h3-6,9H,1,11-12H2,2H3. The van der Waals surface area contributed by atoms with Crippen molar-refractivity contribution >= 4 is 5.69 Å². The molecule has 64 valence electrons. The number of hydrogen-bond donors (Lipinski definition) is 2. The van der Waals surface area contributed by atoms with E-state index in [9.17, 15) is 0 Å². The van der Waals surface area contributed by atoms with Crippen LogP contribution in [0.3, 0.4) is 0 Å². The SMILES string of the molecule is C=CC(N)c1ccc(C)c(N)c1. The zero-order chi connectivity index (χ0) is 9.14. The van der Waals surface area contributed by atoms with E-state index in [2.05, 4.69) is 6.58 Å². The largest absolute Gasteiger partial charge is 0.399 e. The van der Waals surface area contributed by atoms with Gasteiger partial charge in [-0.2, -0.15) is 0 Å². The van der Waals surface area contributed by atoms with E-state index in [1.807, 2.05) is 25.1 Å². The smallest absolute Gasteiger partial charge is 0.0479 e. The molecule has 0 aromatic heterocycles. The molecule has 12 heavy (non-hydrogen) atoms. The Morgan fingerprint density at radius 2 is 2.17 bits per heavy atom. The summed E-state index contributed by atoms with van der Waals surface area (Å²) in [6.07, 6.45) is 1.70. The summed E-state index contributed by atoms with van der Waals surface area (Å²) in [5.41, 5.74) is 14.3. The van der Waals surface area contributed by atoms with Gasteiger partial charge in [-0.3, -0.25) is 0 Å². The minimum atomic E-state index is -0.118. The summed E-state index contributed by atoms with van der Waals surface area (Å²) in [7, 11) is 0. The van der Waals surface area contributed by atoms with Gasteiger partial charge in [-0.1, -0.05) is 18.2 Å². The Bertz CT molecular complexity index is 292. The highest BCUT2D eigenvalue weighted by Gasteiger charge is 2.01. The molecular formula is C10H14N2. The summed E-state index contributed by atoms with van der Waals surface area (Å²) < 4.78 is 0. The zero-order valence-electron chi connectivity index (χ0n) is 7.25. The lowest BCUT2D eigenvalue weighted by molar-refractivity contribution is 0.914. The zero-order valence-corrected chi connectivity index (χ0v) is 7.25. The van der Waals surface area contributed by atoms with E-state index in [1.54, 1.807) is 6.08 Å². The Hall–Kier alpha value is -1.28. The third-order valence-corrected chi connectivity index (χ3v) is 1.94. The number of benzene rings is 1. The maximum absolute atomic E-state index is 5.74. The maximum Gasteiger partial charge on any atom is 0.0479 e. The van der Waals surface area contributed by atoms with Gasteiger partial charge < -0.3 is 11.5 Å². The monoisotopic (exact) mass is 162 g/mol. The van der Waals surface area contributed by atoms with Crippen LogP contribution in [0.15, 0.2) is 30.9 Å². The van der Waals surface area contributed by atoms with E-state index >= 15 is 0 Å². The van der Waals surface area contributed by atoms with Gasteiger partial charge in [-0.25, -0.2) is 0 Å². The molecule has 1 aromatic rings. The maximum atomic E-state index is 5.74. The average Bonchev–Trinajstić information content (AvgIpc) is 2.08. The minimum Gasteiger partial charge on any atom is -0.399 e. The van der Waals surface area contributed by atoms with Gasteiger partial charge in [-0.15, -0.1) is 6.58 Å². The summed E-state index contributed by atoms with van der Waals surface area (Å²) in [5, 5.41) is 0. The van der Waals surface area contributed by atoms with E-state index in [0.717, 1.165) is 16.8 Å². The Labute approximate surface area is 72.9 Å². The van der Waals surface area contributed by atoms with Crippen LogP contribution in [0.25, 0.3) is 0 Å². The Morgan fingerprint density at radius 1 is 1.50 bits per heavy atom. The molecule has 0 fully saturated rings. The van der Waals surface area contributed by atoms with Crippen LogP contribution in [0.1, 0.15) is 17.2 Å². The molecule has 0 saturated carbocycles. The molecule has 2 heteroatoms. The topological polar surface area (TPSA) is 52.0 Å². The molecule has 0 aliphatic heterocycles. The summed E-state index contributed by atoms with van der Waals surface area (Å²) in [6.45, 7) is 5.59. The molecule has 0 radical (unpaired) electrons. The molecule has 0 amide bonds. The van der Waals surface area contributed by atoms with Gasteiger partial charge in [0.2, 0.25) is 0 Å². The van der Waals surface area contributed by atoms with Crippen molar-refractivity contribution in [3.8, 4) is 0 Å². The van der Waals surface area contributed by atoms with Crippen molar-refractivity contribution in [2.45, 2.75) is 13.0 Å². The number of rotatable bonds is 2. The molecule has 1 unspecified atom stereocenters. The normalized spacial score (nSPS) is 12.5. The minimum absolute atomic E-state index is 0.118. The van der Waals surface area contributed by atoms with Crippen molar-refractivity contribution in [1.29, 1.82) is 0 Å². The highest BCUT2D eigenvalue weighted by atomic mass is 14.6. The number of aryl methyl sites for hydroxylation is 1. The second-order valence-electron chi connectivity index (χ2n) is 2.88. The Balaban J connectivity index is 3.04. The molecule has 4 N–H and O–H groups in total. The first-order chi connectivity index (χ1) is 5.65. The van der Waals surface area contributed by atoms with Gasteiger partial charge in [0.1, 0.15) is 0 Å². The van der Waals surface area contributed by atoms with Crippen molar-refractivity contribution in [3.63, 3.8) is 0 Å². The first-order valence-corrected chi connectivity index (χ1v) is 3.89. The molecular weight excluding hydrogens is 148 g/mol. The fraction of sp³-hybridized carbons (Fsp3) is 0.200. The van der Waals surface area contributed by atoms with Gasteiger partial charge in [0.05, 0.1) is 0 Å².